The van der Waals surface area contributed by atoms with Crippen LogP contribution in [-0.4, -0.2) is 23.0 Å². The van der Waals surface area contributed by atoms with Crippen LogP contribution in [0.5, 0.6) is 0 Å². The number of nitrogens with zero attached hydrogens (tertiary/aromatic N) is 1. The molecule has 2 aromatic carbocycles. The van der Waals surface area contributed by atoms with Crippen molar-refractivity contribution in [2.45, 2.75) is 18.2 Å². The number of nitro groups is 1. The highest BCUT2D eigenvalue weighted by Crippen LogP contribution is 2.28. The van der Waals surface area contributed by atoms with Gasteiger partial charge in [0.15, 0.2) is 0 Å². The monoisotopic (exact) mass is 359 g/mol. The molecule has 0 aliphatic rings. The van der Waals surface area contributed by atoms with Crippen molar-refractivity contribution in [2.24, 2.45) is 0 Å². The number of hydrogen-bond acceptors (Lipinski definition) is 5. The van der Waals surface area contributed by atoms with Crippen molar-refractivity contribution in [3.8, 4) is 0 Å². The molecule has 0 saturated heterocycles. The summed E-state index contributed by atoms with van der Waals surface area (Å²) in [4.78, 5) is 35.1. The maximum absolute atomic E-state index is 12.1. The highest BCUT2D eigenvalue weighted by Gasteiger charge is 2.17. The summed E-state index contributed by atoms with van der Waals surface area (Å²) in [5.41, 5.74) is 6.00. The van der Waals surface area contributed by atoms with Gasteiger partial charge in [-0.25, -0.2) is 0 Å². The molecular formula is C17H17N3O4S. The molecule has 0 saturated carbocycles. The zero-order chi connectivity index (χ0) is 18.4. The Balaban J connectivity index is 2.05. The van der Waals surface area contributed by atoms with Crippen molar-refractivity contribution in [3.63, 3.8) is 0 Å². The molecule has 0 aliphatic carbocycles. The largest absolute Gasteiger partial charge is 0.283 e. The van der Waals surface area contributed by atoms with Gasteiger partial charge in [0.25, 0.3) is 17.5 Å². The van der Waals surface area contributed by atoms with Crippen molar-refractivity contribution >= 4 is 29.3 Å². The third-order valence-electron chi connectivity index (χ3n) is 3.55. The van der Waals surface area contributed by atoms with Crippen molar-refractivity contribution in [1.29, 1.82) is 0 Å². The summed E-state index contributed by atoms with van der Waals surface area (Å²) in [5.74, 6) is -1.10. The molecule has 2 aromatic rings. The van der Waals surface area contributed by atoms with Crippen molar-refractivity contribution < 1.29 is 14.5 Å². The number of hydrazine groups is 1. The van der Waals surface area contributed by atoms with Crippen LogP contribution in [0.2, 0.25) is 0 Å². The second kappa shape index (κ2) is 8.29. The predicted molar refractivity (Wildman–Crippen MR) is 95.6 cm³/mol. The Morgan fingerprint density at radius 3 is 2.12 bits per heavy atom. The normalized spacial score (nSPS) is 10.2. The van der Waals surface area contributed by atoms with Crippen LogP contribution in [0.15, 0.2) is 47.4 Å². The third kappa shape index (κ3) is 4.57. The molecule has 0 aromatic heterocycles. The molecule has 0 spiro atoms. The van der Waals surface area contributed by atoms with E-state index in [2.05, 4.69) is 10.9 Å². The summed E-state index contributed by atoms with van der Waals surface area (Å²) >= 11 is 1.22. The standard InChI is InChI=1S/C17H17N3O4S/c1-3-11-4-6-12(7-5-11)16(21)18-19-17(22)13-8-9-15(25-2)14(10-13)20(23)24/h4-10H,3H2,1-2H3,(H,18,21)(H,19,22). The minimum absolute atomic E-state index is 0.0890. The summed E-state index contributed by atoms with van der Waals surface area (Å²) in [7, 11) is 0. The van der Waals surface area contributed by atoms with Crippen LogP contribution >= 0.6 is 11.8 Å². The van der Waals surface area contributed by atoms with Crippen molar-refractivity contribution in [2.75, 3.05) is 6.26 Å². The number of benzene rings is 2. The lowest BCUT2D eigenvalue weighted by molar-refractivity contribution is -0.387. The smallest absolute Gasteiger partial charge is 0.267 e. The number of nitrogens with one attached hydrogen (secondary N) is 2. The molecule has 2 N–H and O–H groups in total. The molecule has 2 rings (SSSR count). The van der Waals surface area contributed by atoms with E-state index in [0.29, 0.717) is 10.5 Å². The number of amides is 2. The Morgan fingerprint density at radius 2 is 1.60 bits per heavy atom. The lowest BCUT2D eigenvalue weighted by Gasteiger charge is -2.08. The van der Waals surface area contributed by atoms with E-state index in [0.717, 1.165) is 12.0 Å². The van der Waals surface area contributed by atoms with Crippen LogP contribution in [0, 0.1) is 10.1 Å². The highest BCUT2D eigenvalue weighted by molar-refractivity contribution is 7.98. The fourth-order valence-electron chi connectivity index (χ4n) is 2.12. The van der Waals surface area contributed by atoms with Crippen LogP contribution in [0.25, 0.3) is 0 Å². The van der Waals surface area contributed by atoms with E-state index in [4.69, 9.17) is 0 Å². The number of carbonyl (C=O) groups is 2. The second-order valence-electron chi connectivity index (χ2n) is 5.10. The zero-order valence-corrected chi connectivity index (χ0v) is 14.6. The fourth-order valence-corrected chi connectivity index (χ4v) is 2.67. The summed E-state index contributed by atoms with van der Waals surface area (Å²) in [6, 6.07) is 11.2. The maximum Gasteiger partial charge on any atom is 0.283 e. The van der Waals surface area contributed by atoms with Gasteiger partial charge in [-0.3, -0.25) is 30.6 Å². The molecule has 0 atom stereocenters. The van der Waals surface area contributed by atoms with Crippen LogP contribution in [-0.2, 0) is 6.42 Å². The van der Waals surface area contributed by atoms with Crippen LogP contribution in [0.4, 0.5) is 5.69 Å². The first-order valence-corrected chi connectivity index (χ1v) is 8.70. The molecule has 7 nitrogen and oxygen atoms in total. The average Bonchev–Trinajstić information content (AvgIpc) is 2.65. The van der Waals surface area contributed by atoms with Crippen LogP contribution < -0.4 is 10.9 Å². The molecule has 0 bridgehead atoms. The topological polar surface area (TPSA) is 101 Å². The summed E-state index contributed by atoms with van der Waals surface area (Å²) < 4.78 is 0. The van der Waals surface area contributed by atoms with Gasteiger partial charge in [0.1, 0.15) is 0 Å². The number of aryl methyl sites for hydroxylation is 1. The van der Waals surface area contributed by atoms with E-state index in [9.17, 15) is 19.7 Å². The summed E-state index contributed by atoms with van der Waals surface area (Å²) in [6.07, 6.45) is 2.58. The number of hydrogen-bond donors (Lipinski definition) is 2. The summed E-state index contributed by atoms with van der Waals surface area (Å²) in [5, 5.41) is 11.0. The number of carbonyl (C=O) groups excluding carboxylic acids is 2. The minimum atomic E-state index is -0.630. The van der Waals surface area contributed by atoms with Crippen molar-refractivity contribution in [3.05, 3.63) is 69.3 Å². The first kappa shape index (κ1) is 18.5. The first-order valence-electron chi connectivity index (χ1n) is 7.48. The van der Waals surface area contributed by atoms with E-state index in [1.807, 2.05) is 19.1 Å². The van der Waals surface area contributed by atoms with Gasteiger partial charge in [0, 0.05) is 17.2 Å². The Hall–Kier alpha value is -2.87. The molecule has 0 heterocycles. The van der Waals surface area contributed by atoms with Crippen LogP contribution in [0.1, 0.15) is 33.2 Å². The second-order valence-corrected chi connectivity index (χ2v) is 5.95. The fraction of sp³-hybridized carbons (Fsp3) is 0.176. The van der Waals surface area contributed by atoms with Gasteiger partial charge in [-0.15, -0.1) is 11.8 Å². The van der Waals surface area contributed by atoms with E-state index in [1.54, 1.807) is 18.4 Å². The summed E-state index contributed by atoms with van der Waals surface area (Å²) in [6.45, 7) is 2.01. The molecule has 8 heteroatoms. The molecule has 130 valence electrons. The molecule has 2 amide bonds. The quantitative estimate of drug-likeness (QED) is 0.485. The van der Waals surface area contributed by atoms with Crippen molar-refractivity contribution in [1.82, 2.24) is 10.9 Å². The molecule has 25 heavy (non-hydrogen) atoms. The zero-order valence-electron chi connectivity index (χ0n) is 13.7. The van der Waals surface area contributed by atoms with E-state index < -0.39 is 16.7 Å². The average molecular weight is 359 g/mol. The Morgan fingerprint density at radius 1 is 1.04 bits per heavy atom. The molecule has 0 radical (unpaired) electrons. The predicted octanol–water partition coefficient (Wildman–Crippen LogP) is 2.95. The van der Waals surface area contributed by atoms with Gasteiger partial charge in [0.2, 0.25) is 0 Å². The van der Waals surface area contributed by atoms with Gasteiger partial charge in [0.05, 0.1) is 9.82 Å². The van der Waals surface area contributed by atoms with Crippen LogP contribution in [0.3, 0.4) is 0 Å². The Bertz CT molecular complexity index is 806. The molecule has 0 fully saturated rings. The molecule has 0 aliphatic heterocycles. The lowest BCUT2D eigenvalue weighted by Crippen LogP contribution is -2.41. The Kier molecular flexibility index (Phi) is 6.13. The number of rotatable bonds is 5. The van der Waals surface area contributed by atoms with E-state index >= 15 is 0 Å². The Labute approximate surface area is 148 Å². The van der Waals surface area contributed by atoms with Gasteiger partial charge in [-0.05, 0) is 42.5 Å². The van der Waals surface area contributed by atoms with Gasteiger partial charge < -0.3 is 0 Å². The van der Waals surface area contributed by atoms with E-state index in [-0.39, 0.29) is 11.3 Å². The van der Waals surface area contributed by atoms with Gasteiger partial charge in [-0.1, -0.05) is 19.1 Å². The maximum atomic E-state index is 12.1. The SMILES string of the molecule is CCc1ccc(C(=O)NNC(=O)c2ccc(SC)c([N+](=O)[O-])c2)cc1. The third-order valence-corrected chi connectivity index (χ3v) is 4.34. The highest BCUT2D eigenvalue weighted by atomic mass is 32.2. The lowest BCUT2D eigenvalue weighted by atomic mass is 10.1. The van der Waals surface area contributed by atoms with Gasteiger partial charge >= 0.3 is 0 Å². The van der Waals surface area contributed by atoms with Gasteiger partial charge in [-0.2, -0.15) is 0 Å². The molecule has 0 unspecified atom stereocenters. The molecular weight excluding hydrogens is 342 g/mol. The minimum Gasteiger partial charge on any atom is -0.267 e. The first-order chi connectivity index (χ1) is 12.0. The van der Waals surface area contributed by atoms with E-state index in [1.165, 1.54) is 30.0 Å². The number of nitro benzene ring substituents is 1. The number of thioether (sulfide) groups is 1.